The third kappa shape index (κ3) is 3.62. The summed E-state index contributed by atoms with van der Waals surface area (Å²) in [7, 11) is 3.49. The first kappa shape index (κ1) is 18.9. The number of aromatic nitrogens is 3. The number of hydrogen-bond donors (Lipinski definition) is 1. The first-order valence-corrected chi connectivity index (χ1v) is 9.76. The third-order valence-corrected chi connectivity index (χ3v) is 5.46. The van der Waals surface area contributed by atoms with Crippen molar-refractivity contribution in [3.8, 4) is 0 Å². The van der Waals surface area contributed by atoms with Gasteiger partial charge in [0.05, 0.1) is 22.7 Å². The van der Waals surface area contributed by atoms with Gasteiger partial charge in [-0.2, -0.15) is 5.10 Å². The molecule has 0 radical (unpaired) electrons. The Bertz CT molecular complexity index is 1030. The molecule has 1 aliphatic rings. The maximum atomic E-state index is 13.1. The molecule has 0 spiro atoms. The number of pyridine rings is 1. The summed E-state index contributed by atoms with van der Waals surface area (Å²) in [6, 6.07) is 9.37. The molecule has 1 atom stereocenters. The monoisotopic (exact) mass is 398 g/mol. The van der Waals surface area contributed by atoms with E-state index in [0.29, 0.717) is 23.0 Å². The smallest absolute Gasteiger partial charge is 0.252 e. The quantitative estimate of drug-likeness (QED) is 0.683. The van der Waals surface area contributed by atoms with Crippen molar-refractivity contribution in [3.05, 3.63) is 57.9 Å². The number of methoxy groups -OCH3 is 1. The van der Waals surface area contributed by atoms with Gasteiger partial charge in [-0.1, -0.05) is 23.7 Å². The second-order valence-corrected chi connectivity index (χ2v) is 7.70. The fourth-order valence-corrected chi connectivity index (χ4v) is 3.65. The van der Waals surface area contributed by atoms with Gasteiger partial charge in [-0.15, -0.1) is 0 Å². The zero-order valence-corrected chi connectivity index (χ0v) is 17.0. The minimum absolute atomic E-state index is 0.138. The highest BCUT2D eigenvalue weighted by atomic mass is 35.5. The maximum absolute atomic E-state index is 13.1. The molecule has 0 aliphatic heterocycles. The van der Waals surface area contributed by atoms with Crippen molar-refractivity contribution >= 4 is 28.5 Å². The Morgan fingerprint density at radius 3 is 2.71 bits per heavy atom. The van der Waals surface area contributed by atoms with E-state index < -0.39 is 0 Å². The number of carbonyl (C=O) groups excluding carboxylic acids is 1. The highest BCUT2D eigenvalue weighted by Crippen LogP contribution is 2.40. The summed E-state index contributed by atoms with van der Waals surface area (Å²) in [6.45, 7) is 2.27. The first-order chi connectivity index (χ1) is 13.5. The second kappa shape index (κ2) is 7.53. The number of hydrogen-bond acceptors (Lipinski definition) is 4. The zero-order chi connectivity index (χ0) is 19.8. The fourth-order valence-electron chi connectivity index (χ4n) is 3.53. The van der Waals surface area contributed by atoms with Gasteiger partial charge in [-0.05, 0) is 43.5 Å². The van der Waals surface area contributed by atoms with Crippen LogP contribution in [0.5, 0.6) is 0 Å². The summed E-state index contributed by atoms with van der Waals surface area (Å²) >= 11 is 5.96. The molecule has 1 aromatic carbocycles. The second-order valence-electron chi connectivity index (χ2n) is 7.26. The number of rotatable bonds is 6. The van der Waals surface area contributed by atoms with Crippen LogP contribution in [0.25, 0.3) is 11.0 Å². The molecule has 1 saturated carbocycles. The molecule has 4 rings (SSSR count). The molecule has 1 fully saturated rings. The number of halogens is 1. The number of benzene rings is 1. The lowest BCUT2D eigenvalue weighted by molar-refractivity contribution is 0.0829. The van der Waals surface area contributed by atoms with Crippen LogP contribution in [-0.2, 0) is 11.8 Å². The Morgan fingerprint density at radius 1 is 1.36 bits per heavy atom. The minimum atomic E-state index is -0.253. The summed E-state index contributed by atoms with van der Waals surface area (Å²) in [5, 5.41) is 8.95. The van der Waals surface area contributed by atoms with E-state index >= 15 is 0 Å². The lowest BCUT2D eigenvalue weighted by atomic mass is 10.1. The molecule has 2 aromatic heterocycles. The van der Waals surface area contributed by atoms with Crippen molar-refractivity contribution in [1.82, 2.24) is 20.1 Å². The van der Waals surface area contributed by atoms with E-state index in [4.69, 9.17) is 21.3 Å². The number of carbonyl (C=O) groups is 1. The van der Waals surface area contributed by atoms with Crippen LogP contribution in [0.3, 0.4) is 0 Å². The van der Waals surface area contributed by atoms with E-state index in [2.05, 4.69) is 10.4 Å². The highest BCUT2D eigenvalue weighted by molar-refractivity contribution is 6.30. The predicted molar refractivity (Wildman–Crippen MR) is 109 cm³/mol. The van der Waals surface area contributed by atoms with Crippen LogP contribution in [-0.4, -0.2) is 34.3 Å². The van der Waals surface area contributed by atoms with Gasteiger partial charge in [0.2, 0.25) is 0 Å². The molecular formula is C21H23ClN4O2. The molecule has 6 nitrogen and oxygen atoms in total. The Morgan fingerprint density at radius 2 is 2.07 bits per heavy atom. The van der Waals surface area contributed by atoms with Crippen molar-refractivity contribution in [2.75, 3.05) is 13.7 Å². The predicted octanol–water partition coefficient (Wildman–Crippen LogP) is 3.93. The highest BCUT2D eigenvalue weighted by Gasteiger charge is 2.28. The number of aryl methyl sites for hydroxylation is 2. The van der Waals surface area contributed by atoms with E-state index in [1.54, 1.807) is 11.8 Å². The zero-order valence-electron chi connectivity index (χ0n) is 16.2. The average molecular weight is 399 g/mol. The van der Waals surface area contributed by atoms with E-state index in [0.717, 1.165) is 40.8 Å². The lowest BCUT2D eigenvalue weighted by Gasteiger charge is -2.17. The van der Waals surface area contributed by atoms with Crippen LogP contribution >= 0.6 is 11.6 Å². The van der Waals surface area contributed by atoms with Gasteiger partial charge < -0.3 is 10.1 Å². The Kier molecular flexibility index (Phi) is 5.08. The van der Waals surface area contributed by atoms with Crippen molar-refractivity contribution in [3.63, 3.8) is 0 Å². The van der Waals surface area contributed by atoms with E-state index in [1.807, 2.05) is 44.3 Å². The van der Waals surface area contributed by atoms with E-state index in [9.17, 15) is 4.79 Å². The van der Waals surface area contributed by atoms with E-state index in [1.165, 1.54) is 0 Å². The minimum Gasteiger partial charge on any atom is -0.375 e. The van der Waals surface area contributed by atoms with Crippen LogP contribution < -0.4 is 5.32 Å². The molecule has 1 N–H and O–H groups in total. The summed E-state index contributed by atoms with van der Waals surface area (Å²) in [5.41, 5.74) is 4.12. The molecule has 0 bridgehead atoms. The summed E-state index contributed by atoms with van der Waals surface area (Å²) in [5.74, 6) is 0.313. The average Bonchev–Trinajstić information content (AvgIpc) is 3.49. The van der Waals surface area contributed by atoms with Crippen LogP contribution in [0, 0.1) is 6.92 Å². The maximum Gasteiger partial charge on any atom is 0.252 e. The Hall–Kier alpha value is -2.44. The SMILES string of the molecule is CO[C@H](CNC(=O)c1cc(C2CC2)nc2c1c(C)nn2C)c1ccc(Cl)cc1. The summed E-state index contributed by atoms with van der Waals surface area (Å²) < 4.78 is 7.31. The molecule has 7 heteroatoms. The Balaban J connectivity index is 1.60. The van der Waals surface area contributed by atoms with E-state index in [-0.39, 0.29) is 12.0 Å². The molecule has 1 amide bonds. The van der Waals surface area contributed by atoms with Gasteiger partial charge in [0, 0.05) is 37.3 Å². The van der Waals surface area contributed by atoms with Gasteiger partial charge in [-0.3, -0.25) is 9.48 Å². The molecular weight excluding hydrogens is 376 g/mol. The summed E-state index contributed by atoms with van der Waals surface area (Å²) in [4.78, 5) is 17.8. The van der Waals surface area contributed by atoms with Crippen molar-refractivity contribution in [1.29, 1.82) is 0 Å². The molecule has 2 heterocycles. The molecule has 28 heavy (non-hydrogen) atoms. The van der Waals surface area contributed by atoms with Gasteiger partial charge in [0.25, 0.3) is 5.91 Å². The molecule has 3 aromatic rings. The number of fused-ring (bicyclic) bond motifs is 1. The van der Waals surface area contributed by atoms with Gasteiger partial charge in [0.15, 0.2) is 5.65 Å². The van der Waals surface area contributed by atoms with Crippen molar-refractivity contribution in [2.24, 2.45) is 7.05 Å². The van der Waals surface area contributed by atoms with Crippen LogP contribution in [0.15, 0.2) is 30.3 Å². The van der Waals surface area contributed by atoms with Crippen molar-refractivity contribution in [2.45, 2.75) is 31.8 Å². The van der Waals surface area contributed by atoms with Crippen molar-refractivity contribution < 1.29 is 9.53 Å². The largest absolute Gasteiger partial charge is 0.375 e. The summed E-state index contributed by atoms with van der Waals surface area (Å²) in [6.07, 6.45) is 1.99. The van der Waals surface area contributed by atoms with Gasteiger partial charge in [0.1, 0.15) is 0 Å². The fraction of sp³-hybridized carbons (Fsp3) is 0.381. The topological polar surface area (TPSA) is 69.0 Å². The Labute approximate surface area is 168 Å². The van der Waals surface area contributed by atoms with Crippen LogP contribution in [0.1, 0.15) is 52.2 Å². The number of ether oxygens (including phenoxy) is 1. The third-order valence-electron chi connectivity index (χ3n) is 5.20. The normalized spacial score (nSPS) is 15.0. The number of nitrogens with one attached hydrogen (secondary N) is 1. The molecule has 146 valence electrons. The standard InChI is InChI=1S/C21H23ClN4O2/c1-12-19-16(10-17(13-4-5-13)24-20(19)26(2)25-12)21(27)23-11-18(28-3)14-6-8-15(22)9-7-14/h6-10,13,18H,4-5,11H2,1-3H3,(H,23,27)/t18-/m1/s1. The van der Waals surface area contributed by atoms with Crippen LogP contribution in [0.4, 0.5) is 0 Å². The van der Waals surface area contributed by atoms with Gasteiger partial charge >= 0.3 is 0 Å². The number of amides is 1. The number of nitrogens with zero attached hydrogens (tertiary/aromatic N) is 3. The lowest BCUT2D eigenvalue weighted by Crippen LogP contribution is -2.29. The molecule has 1 aliphatic carbocycles. The van der Waals surface area contributed by atoms with Gasteiger partial charge in [-0.25, -0.2) is 4.98 Å². The van der Waals surface area contributed by atoms with Crippen LogP contribution in [0.2, 0.25) is 5.02 Å². The molecule has 0 saturated heterocycles. The molecule has 0 unspecified atom stereocenters. The first-order valence-electron chi connectivity index (χ1n) is 9.38.